The zero-order valence-electron chi connectivity index (χ0n) is 10.9. The number of benzene rings is 1. The van der Waals surface area contributed by atoms with Gasteiger partial charge >= 0.3 is 0 Å². The molecule has 3 N–H and O–H groups in total. The highest BCUT2D eigenvalue weighted by Crippen LogP contribution is 2.15. The number of amides is 1. The molecule has 0 radical (unpaired) electrons. The number of carbonyl (C=O) groups excluding carboxylic acids is 1. The molecule has 19 heavy (non-hydrogen) atoms. The Balaban J connectivity index is 0.00000180. The first kappa shape index (κ1) is 16.0. The van der Waals surface area contributed by atoms with E-state index in [9.17, 15) is 4.79 Å². The Kier molecular flexibility index (Phi) is 6.84. The second-order valence-corrected chi connectivity index (χ2v) is 4.59. The molecular weight excluding hydrogens is 264 g/mol. The fraction of sp³-hybridized carbons (Fsp3) is 0.500. The average Bonchev–Trinajstić information content (AvgIpc) is 2.42. The number of nitrogens with two attached hydrogens (primary N) is 1. The lowest BCUT2D eigenvalue weighted by molar-refractivity contribution is -0.123. The minimum absolute atomic E-state index is 0. The molecule has 5 heteroatoms. The molecule has 4 nitrogen and oxygen atoms in total. The van der Waals surface area contributed by atoms with E-state index < -0.39 is 0 Å². The van der Waals surface area contributed by atoms with Crippen LogP contribution >= 0.6 is 12.4 Å². The van der Waals surface area contributed by atoms with Crippen LogP contribution in [-0.4, -0.2) is 31.7 Å². The van der Waals surface area contributed by atoms with E-state index in [4.69, 9.17) is 10.5 Å². The van der Waals surface area contributed by atoms with E-state index >= 15 is 0 Å². The van der Waals surface area contributed by atoms with E-state index in [1.807, 2.05) is 30.3 Å². The van der Waals surface area contributed by atoms with E-state index in [0.29, 0.717) is 6.54 Å². The SMILES string of the molecule is Cl.NCC(C(=O)NC1CCOCC1)c1ccccc1. The molecule has 1 saturated heterocycles. The van der Waals surface area contributed by atoms with Crippen LogP contribution < -0.4 is 11.1 Å². The normalized spacial score (nSPS) is 17.3. The second-order valence-electron chi connectivity index (χ2n) is 4.59. The topological polar surface area (TPSA) is 64.4 Å². The first-order valence-corrected chi connectivity index (χ1v) is 6.44. The lowest BCUT2D eigenvalue weighted by Crippen LogP contribution is -2.42. The summed E-state index contributed by atoms with van der Waals surface area (Å²) in [5.74, 6) is -0.232. The van der Waals surface area contributed by atoms with Crippen LogP contribution in [-0.2, 0) is 9.53 Å². The third-order valence-electron chi connectivity index (χ3n) is 3.32. The highest BCUT2D eigenvalue weighted by atomic mass is 35.5. The van der Waals surface area contributed by atoms with Crippen molar-refractivity contribution in [3.05, 3.63) is 35.9 Å². The summed E-state index contributed by atoms with van der Waals surface area (Å²) in [5.41, 5.74) is 6.70. The molecule has 1 fully saturated rings. The van der Waals surface area contributed by atoms with Crippen molar-refractivity contribution in [2.75, 3.05) is 19.8 Å². The number of rotatable bonds is 4. The van der Waals surface area contributed by atoms with Crippen LogP contribution in [0.5, 0.6) is 0 Å². The van der Waals surface area contributed by atoms with Gasteiger partial charge in [-0.05, 0) is 18.4 Å². The molecule has 1 atom stereocenters. The Hall–Kier alpha value is -1.10. The van der Waals surface area contributed by atoms with Gasteiger partial charge in [0.05, 0.1) is 5.92 Å². The van der Waals surface area contributed by atoms with Crippen LogP contribution in [0.4, 0.5) is 0 Å². The molecule has 0 spiro atoms. The van der Waals surface area contributed by atoms with Crippen LogP contribution in [0, 0.1) is 0 Å². The number of ether oxygens (including phenoxy) is 1. The number of nitrogens with one attached hydrogen (secondary N) is 1. The minimum Gasteiger partial charge on any atom is -0.381 e. The van der Waals surface area contributed by atoms with Crippen molar-refractivity contribution >= 4 is 18.3 Å². The van der Waals surface area contributed by atoms with Crippen LogP contribution in [0.15, 0.2) is 30.3 Å². The number of hydrogen-bond acceptors (Lipinski definition) is 3. The number of carbonyl (C=O) groups is 1. The standard InChI is InChI=1S/C14H20N2O2.ClH/c15-10-13(11-4-2-1-3-5-11)14(17)16-12-6-8-18-9-7-12;/h1-5,12-13H,6-10,15H2,(H,16,17);1H. The molecule has 0 aromatic heterocycles. The summed E-state index contributed by atoms with van der Waals surface area (Å²) in [4.78, 5) is 12.2. The van der Waals surface area contributed by atoms with Crippen molar-refractivity contribution < 1.29 is 9.53 Å². The Labute approximate surface area is 120 Å². The van der Waals surface area contributed by atoms with Crippen LogP contribution in [0.3, 0.4) is 0 Å². The van der Waals surface area contributed by atoms with Gasteiger partial charge in [0.25, 0.3) is 0 Å². The Morgan fingerprint density at radius 1 is 1.32 bits per heavy atom. The van der Waals surface area contributed by atoms with E-state index in [1.54, 1.807) is 0 Å². The first-order chi connectivity index (χ1) is 8.81. The maximum Gasteiger partial charge on any atom is 0.229 e. The van der Waals surface area contributed by atoms with Crippen LogP contribution in [0.25, 0.3) is 0 Å². The highest BCUT2D eigenvalue weighted by Gasteiger charge is 2.22. The van der Waals surface area contributed by atoms with Gasteiger partial charge < -0.3 is 15.8 Å². The largest absolute Gasteiger partial charge is 0.381 e. The van der Waals surface area contributed by atoms with Gasteiger partial charge in [0.2, 0.25) is 5.91 Å². The summed E-state index contributed by atoms with van der Waals surface area (Å²) in [6.07, 6.45) is 1.77. The maximum atomic E-state index is 12.2. The van der Waals surface area contributed by atoms with Gasteiger partial charge in [0.15, 0.2) is 0 Å². The third-order valence-corrected chi connectivity index (χ3v) is 3.32. The van der Waals surface area contributed by atoms with E-state index in [0.717, 1.165) is 31.6 Å². The summed E-state index contributed by atoms with van der Waals surface area (Å²) in [5, 5.41) is 3.07. The summed E-state index contributed by atoms with van der Waals surface area (Å²) in [7, 11) is 0. The molecule has 1 aliphatic rings. The second kappa shape index (κ2) is 8.15. The predicted octanol–water partition coefficient (Wildman–Crippen LogP) is 1.45. The smallest absolute Gasteiger partial charge is 0.229 e. The van der Waals surface area contributed by atoms with E-state index in [-0.39, 0.29) is 30.3 Å². The maximum absolute atomic E-state index is 12.2. The van der Waals surface area contributed by atoms with Crippen LogP contribution in [0.2, 0.25) is 0 Å². The molecule has 1 heterocycles. The quantitative estimate of drug-likeness (QED) is 0.879. The van der Waals surface area contributed by atoms with Gasteiger partial charge in [-0.2, -0.15) is 0 Å². The highest BCUT2D eigenvalue weighted by molar-refractivity contribution is 5.85. The summed E-state index contributed by atoms with van der Waals surface area (Å²) in [6.45, 7) is 1.78. The monoisotopic (exact) mass is 284 g/mol. The molecule has 0 aliphatic carbocycles. The first-order valence-electron chi connectivity index (χ1n) is 6.44. The Bertz CT molecular complexity index is 380. The zero-order valence-corrected chi connectivity index (χ0v) is 11.7. The van der Waals surface area contributed by atoms with Gasteiger partial charge in [-0.3, -0.25) is 4.79 Å². The zero-order chi connectivity index (χ0) is 12.8. The van der Waals surface area contributed by atoms with Crippen molar-refractivity contribution in [3.8, 4) is 0 Å². The van der Waals surface area contributed by atoms with Crippen LogP contribution in [0.1, 0.15) is 24.3 Å². The van der Waals surface area contributed by atoms with Crippen molar-refractivity contribution in [3.63, 3.8) is 0 Å². The van der Waals surface area contributed by atoms with Gasteiger partial charge in [-0.25, -0.2) is 0 Å². The molecule has 1 aliphatic heterocycles. The molecule has 1 aromatic carbocycles. The van der Waals surface area contributed by atoms with Crippen molar-refractivity contribution in [2.24, 2.45) is 5.73 Å². The third kappa shape index (κ3) is 4.49. The van der Waals surface area contributed by atoms with Gasteiger partial charge in [0, 0.05) is 25.8 Å². The minimum atomic E-state index is -0.256. The molecule has 1 aromatic rings. The van der Waals surface area contributed by atoms with Gasteiger partial charge in [0.1, 0.15) is 0 Å². The lowest BCUT2D eigenvalue weighted by atomic mass is 9.97. The molecule has 2 rings (SSSR count). The lowest BCUT2D eigenvalue weighted by Gasteiger charge is -2.25. The fourth-order valence-corrected chi connectivity index (χ4v) is 2.22. The molecule has 0 bridgehead atoms. The summed E-state index contributed by atoms with van der Waals surface area (Å²) in [6, 6.07) is 9.92. The molecule has 1 amide bonds. The molecule has 0 saturated carbocycles. The van der Waals surface area contributed by atoms with E-state index in [1.165, 1.54) is 0 Å². The van der Waals surface area contributed by atoms with Crippen molar-refractivity contribution in [2.45, 2.75) is 24.8 Å². The number of halogens is 1. The van der Waals surface area contributed by atoms with Crippen molar-refractivity contribution in [1.82, 2.24) is 5.32 Å². The summed E-state index contributed by atoms with van der Waals surface area (Å²) >= 11 is 0. The van der Waals surface area contributed by atoms with Gasteiger partial charge in [-0.1, -0.05) is 30.3 Å². The Morgan fingerprint density at radius 2 is 1.95 bits per heavy atom. The van der Waals surface area contributed by atoms with Gasteiger partial charge in [-0.15, -0.1) is 12.4 Å². The average molecular weight is 285 g/mol. The summed E-state index contributed by atoms with van der Waals surface area (Å²) < 4.78 is 5.28. The fourth-order valence-electron chi connectivity index (χ4n) is 2.22. The number of hydrogen-bond donors (Lipinski definition) is 2. The Morgan fingerprint density at radius 3 is 2.53 bits per heavy atom. The van der Waals surface area contributed by atoms with E-state index in [2.05, 4.69) is 5.32 Å². The molecular formula is C14H21ClN2O2. The molecule has 106 valence electrons. The molecule has 1 unspecified atom stereocenters. The van der Waals surface area contributed by atoms with Crippen molar-refractivity contribution in [1.29, 1.82) is 0 Å². The predicted molar refractivity (Wildman–Crippen MR) is 77.5 cm³/mol.